The smallest absolute Gasteiger partial charge is 0.328 e. The van der Waals surface area contributed by atoms with Crippen molar-refractivity contribution in [3.05, 3.63) is 29.8 Å². The minimum atomic E-state index is -1.94. The second-order valence-corrected chi connectivity index (χ2v) is 13.0. The summed E-state index contributed by atoms with van der Waals surface area (Å²) in [6.45, 7) is 12.5. The molecule has 2 amide bonds. The van der Waals surface area contributed by atoms with Gasteiger partial charge in [-0.05, 0) is 42.4 Å². The Kier molecular flexibility index (Phi) is 8.38. The van der Waals surface area contributed by atoms with Crippen molar-refractivity contribution in [2.45, 2.75) is 58.3 Å². The first-order chi connectivity index (χ1) is 12.9. The molecule has 0 unspecified atom stereocenters. The quantitative estimate of drug-likeness (QED) is 0.508. The fourth-order valence-corrected chi connectivity index (χ4v) is 3.25. The number of carbonyl (C=O) groups is 3. The molecule has 0 saturated carbocycles. The Morgan fingerprint density at radius 3 is 2.14 bits per heavy atom. The number of nitrogens with one attached hydrogen (secondary N) is 2. The number of hydrogen-bond acceptors (Lipinski definition) is 5. The van der Waals surface area contributed by atoms with E-state index < -0.39 is 26.2 Å². The summed E-state index contributed by atoms with van der Waals surface area (Å²) in [5.41, 5.74) is 0.977. The van der Waals surface area contributed by atoms with Gasteiger partial charge in [0.05, 0.1) is 7.11 Å². The van der Waals surface area contributed by atoms with Crippen LogP contribution in [0.1, 0.15) is 44.5 Å². The van der Waals surface area contributed by atoms with Gasteiger partial charge >= 0.3 is 5.97 Å². The second kappa shape index (κ2) is 9.84. The van der Waals surface area contributed by atoms with E-state index in [0.29, 0.717) is 24.3 Å². The molecule has 0 fully saturated rings. The number of esters is 1. The maximum Gasteiger partial charge on any atom is 0.328 e. The second-order valence-electron chi connectivity index (χ2n) is 8.21. The summed E-state index contributed by atoms with van der Waals surface area (Å²) in [7, 11) is -0.650. The predicted molar refractivity (Wildman–Crippen MR) is 112 cm³/mol. The van der Waals surface area contributed by atoms with E-state index in [9.17, 15) is 14.4 Å². The number of methoxy groups -OCH3 is 1. The molecular weight excluding hydrogens is 376 g/mol. The van der Waals surface area contributed by atoms with E-state index in [1.807, 2.05) is 0 Å². The molecule has 156 valence electrons. The fraction of sp³-hybridized carbons (Fsp3) is 0.550. The Hall–Kier alpha value is -2.19. The van der Waals surface area contributed by atoms with Crippen LogP contribution in [0.2, 0.25) is 18.1 Å². The van der Waals surface area contributed by atoms with Crippen LogP contribution in [0.3, 0.4) is 0 Å². The average Bonchev–Trinajstić information content (AvgIpc) is 2.59. The standard InChI is InChI=1S/C20H32N2O5Si/c1-14(23)21-16-10-8-15(9-11-16)18(24)22-17(19(25)26-5)12-13-27-28(6,7)20(2,3)4/h8-11,17H,12-13H2,1-7H3,(H,21,23)(H,22,24)/t17-/m0/s1. The van der Waals surface area contributed by atoms with E-state index in [-0.39, 0.29) is 10.9 Å². The first-order valence-electron chi connectivity index (χ1n) is 9.27. The molecule has 0 heterocycles. The fourth-order valence-electron chi connectivity index (χ4n) is 2.19. The molecule has 0 aliphatic carbocycles. The van der Waals surface area contributed by atoms with Gasteiger partial charge in [-0.2, -0.15) is 0 Å². The molecule has 1 atom stereocenters. The molecule has 2 N–H and O–H groups in total. The topological polar surface area (TPSA) is 93.7 Å². The minimum absolute atomic E-state index is 0.0622. The number of rotatable bonds is 8. The third-order valence-electron chi connectivity index (χ3n) is 4.93. The monoisotopic (exact) mass is 408 g/mol. The molecule has 0 aliphatic rings. The number of hydrogen-bond donors (Lipinski definition) is 2. The lowest BCUT2D eigenvalue weighted by Crippen LogP contribution is -2.45. The summed E-state index contributed by atoms with van der Waals surface area (Å²) in [6, 6.07) is 5.63. The van der Waals surface area contributed by atoms with Crippen LogP contribution in [-0.4, -0.2) is 45.9 Å². The Labute approximate surface area is 168 Å². The van der Waals surface area contributed by atoms with Crippen LogP contribution < -0.4 is 10.6 Å². The molecule has 1 aromatic rings. The van der Waals surface area contributed by atoms with Gasteiger partial charge in [-0.1, -0.05) is 20.8 Å². The molecular formula is C20H32N2O5Si. The van der Waals surface area contributed by atoms with Gasteiger partial charge < -0.3 is 19.8 Å². The van der Waals surface area contributed by atoms with Crippen LogP contribution in [-0.2, 0) is 18.8 Å². The number of amides is 2. The maximum atomic E-state index is 12.5. The molecule has 28 heavy (non-hydrogen) atoms. The van der Waals surface area contributed by atoms with E-state index >= 15 is 0 Å². The van der Waals surface area contributed by atoms with Gasteiger partial charge in [0.25, 0.3) is 5.91 Å². The molecule has 7 nitrogen and oxygen atoms in total. The highest BCUT2D eigenvalue weighted by Gasteiger charge is 2.37. The molecule has 0 bridgehead atoms. The lowest BCUT2D eigenvalue weighted by atomic mass is 10.1. The van der Waals surface area contributed by atoms with Crippen molar-refractivity contribution in [3.63, 3.8) is 0 Å². The Morgan fingerprint density at radius 2 is 1.68 bits per heavy atom. The minimum Gasteiger partial charge on any atom is -0.467 e. The van der Waals surface area contributed by atoms with Gasteiger partial charge in [0.1, 0.15) is 6.04 Å². The van der Waals surface area contributed by atoms with Gasteiger partial charge in [0, 0.05) is 31.2 Å². The number of carbonyl (C=O) groups excluding carboxylic acids is 3. The zero-order valence-corrected chi connectivity index (χ0v) is 18.8. The van der Waals surface area contributed by atoms with E-state index in [1.165, 1.54) is 14.0 Å². The van der Waals surface area contributed by atoms with Gasteiger partial charge in [0.15, 0.2) is 8.32 Å². The van der Waals surface area contributed by atoms with Crippen LogP contribution in [0.4, 0.5) is 5.69 Å². The Bertz CT molecular complexity index is 696. The highest BCUT2D eigenvalue weighted by atomic mass is 28.4. The van der Waals surface area contributed by atoms with Crippen molar-refractivity contribution in [2.24, 2.45) is 0 Å². The predicted octanol–water partition coefficient (Wildman–Crippen LogP) is 3.33. The normalized spacial score (nSPS) is 12.8. The van der Waals surface area contributed by atoms with Crippen molar-refractivity contribution < 1.29 is 23.5 Å². The zero-order valence-electron chi connectivity index (χ0n) is 17.8. The van der Waals surface area contributed by atoms with Gasteiger partial charge in [-0.3, -0.25) is 9.59 Å². The SMILES string of the molecule is COC(=O)[C@H](CCO[Si](C)(C)C(C)(C)C)NC(=O)c1ccc(NC(C)=O)cc1. The number of benzene rings is 1. The van der Waals surface area contributed by atoms with Crippen LogP contribution in [0.15, 0.2) is 24.3 Å². The lowest BCUT2D eigenvalue weighted by molar-refractivity contribution is -0.143. The Balaban J connectivity index is 2.74. The number of ether oxygens (including phenoxy) is 1. The van der Waals surface area contributed by atoms with Crippen LogP contribution in [0.5, 0.6) is 0 Å². The maximum absolute atomic E-state index is 12.5. The molecule has 0 aliphatic heterocycles. The van der Waals surface area contributed by atoms with Crippen molar-refractivity contribution in [1.29, 1.82) is 0 Å². The third-order valence-corrected chi connectivity index (χ3v) is 9.47. The molecule has 0 saturated heterocycles. The van der Waals surface area contributed by atoms with Crippen LogP contribution in [0, 0.1) is 0 Å². The first kappa shape index (κ1) is 23.8. The van der Waals surface area contributed by atoms with Crippen molar-refractivity contribution in [2.75, 3.05) is 19.0 Å². The van der Waals surface area contributed by atoms with Crippen LogP contribution >= 0.6 is 0 Å². The largest absolute Gasteiger partial charge is 0.467 e. The first-order valence-corrected chi connectivity index (χ1v) is 12.2. The van der Waals surface area contributed by atoms with Gasteiger partial charge in [-0.15, -0.1) is 0 Å². The summed E-state index contributed by atoms with van der Waals surface area (Å²) in [5.74, 6) is -1.09. The van der Waals surface area contributed by atoms with Crippen molar-refractivity contribution in [3.8, 4) is 0 Å². The summed E-state index contributed by atoms with van der Waals surface area (Å²) in [4.78, 5) is 35.6. The zero-order chi connectivity index (χ0) is 21.5. The molecule has 8 heteroatoms. The molecule has 1 rings (SSSR count). The van der Waals surface area contributed by atoms with Crippen molar-refractivity contribution >= 4 is 31.8 Å². The highest BCUT2D eigenvalue weighted by molar-refractivity contribution is 6.74. The average molecular weight is 409 g/mol. The lowest BCUT2D eigenvalue weighted by Gasteiger charge is -2.36. The molecule has 0 spiro atoms. The van der Waals surface area contributed by atoms with E-state index in [0.717, 1.165) is 0 Å². The van der Waals surface area contributed by atoms with E-state index in [1.54, 1.807) is 24.3 Å². The Morgan fingerprint density at radius 1 is 1.11 bits per heavy atom. The van der Waals surface area contributed by atoms with Gasteiger partial charge in [0.2, 0.25) is 5.91 Å². The van der Waals surface area contributed by atoms with E-state index in [4.69, 9.17) is 9.16 Å². The molecule has 0 radical (unpaired) electrons. The molecule has 0 aromatic heterocycles. The van der Waals surface area contributed by atoms with Gasteiger partial charge in [-0.25, -0.2) is 4.79 Å². The summed E-state index contributed by atoms with van der Waals surface area (Å²) in [6.07, 6.45) is 0.328. The van der Waals surface area contributed by atoms with Crippen LogP contribution in [0.25, 0.3) is 0 Å². The summed E-state index contributed by atoms with van der Waals surface area (Å²) in [5, 5.41) is 5.40. The van der Waals surface area contributed by atoms with E-state index in [2.05, 4.69) is 44.5 Å². The summed E-state index contributed by atoms with van der Waals surface area (Å²) < 4.78 is 10.9. The highest BCUT2D eigenvalue weighted by Crippen LogP contribution is 2.36. The third kappa shape index (κ3) is 7.08. The van der Waals surface area contributed by atoms with Crippen molar-refractivity contribution in [1.82, 2.24) is 5.32 Å². The number of anilines is 1. The summed E-state index contributed by atoms with van der Waals surface area (Å²) >= 11 is 0. The molecule has 1 aromatic carbocycles.